The minimum Gasteiger partial charge on any atom is -0.486 e. The summed E-state index contributed by atoms with van der Waals surface area (Å²) in [5.41, 5.74) is 0.814. The Morgan fingerprint density at radius 2 is 1.58 bits per heavy atom. The fraction of sp³-hybridized carbons (Fsp3) is 0.150. The Labute approximate surface area is 149 Å². The monoisotopic (exact) mass is 357 g/mol. The molecule has 3 aromatic rings. The quantitative estimate of drug-likeness (QED) is 0.656. The SMILES string of the molecule is CN(Cc1ccc(F)cc1)C(=O)c1ccc(COc2ccc(F)cc2)o1. The predicted molar refractivity (Wildman–Crippen MR) is 91.6 cm³/mol. The molecule has 0 aliphatic carbocycles. The number of rotatable bonds is 6. The van der Waals surface area contributed by atoms with Crippen molar-refractivity contribution in [2.24, 2.45) is 0 Å². The van der Waals surface area contributed by atoms with Crippen molar-refractivity contribution in [3.05, 3.63) is 89.4 Å². The first kappa shape index (κ1) is 17.7. The minimum atomic E-state index is -0.340. The average molecular weight is 357 g/mol. The van der Waals surface area contributed by atoms with Gasteiger partial charge in [0.25, 0.3) is 5.91 Å². The van der Waals surface area contributed by atoms with Crippen LogP contribution >= 0.6 is 0 Å². The first-order valence-electron chi connectivity index (χ1n) is 7.98. The molecule has 0 spiro atoms. The van der Waals surface area contributed by atoms with E-state index in [0.29, 0.717) is 18.1 Å². The Morgan fingerprint density at radius 1 is 0.962 bits per heavy atom. The molecule has 1 amide bonds. The molecule has 2 aromatic carbocycles. The van der Waals surface area contributed by atoms with Gasteiger partial charge in [0.15, 0.2) is 5.76 Å². The van der Waals surface area contributed by atoms with Gasteiger partial charge in [0.05, 0.1) is 0 Å². The largest absolute Gasteiger partial charge is 0.486 e. The van der Waals surface area contributed by atoms with E-state index in [-0.39, 0.29) is 29.9 Å². The maximum Gasteiger partial charge on any atom is 0.289 e. The van der Waals surface area contributed by atoms with Gasteiger partial charge >= 0.3 is 0 Å². The molecule has 6 heteroatoms. The number of ether oxygens (including phenoxy) is 1. The molecule has 0 aliphatic rings. The van der Waals surface area contributed by atoms with Gasteiger partial charge in [0.1, 0.15) is 29.8 Å². The van der Waals surface area contributed by atoms with E-state index in [1.54, 1.807) is 31.3 Å². The van der Waals surface area contributed by atoms with Crippen LogP contribution in [0.4, 0.5) is 8.78 Å². The lowest BCUT2D eigenvalue weighted by atomic mass is 10.2. The summed E-state index contributed by atoms with van der Waals surface area (Å²) in [5.74, 6) is 0.221. The summed E-state index contributed by atoms with van der Waals surface area (Å²) in [4.78, 5) is 13.9. The predicted octanol–water partition coefficient (Wildman–Crippen LogP) is 4.41. The summed E-state index contributed by atoms with van der Waals surface area (Å²) in [7, 11) is 1.64. The zero-order chi connectivity index (χ0) is 18.5. The number of furan rings is 1. The molecule has 0 saturated heterocycles. The van der Waals surface area contributed by atoms with Crippen molar-refractivity contribution in [2.75, 3.05) is 7.05 Å². The van der Waals surface area contributed by atoms with Gasteiger partial charge in [-0.05, 0) is 54.1 Å². The van der Waals surface area contributed by atoms with Crippen LogP contribution in [0.5, 0.6) is 5.75 Å². The van der Waals surface area contributed by atoms with Crippen molar-refractivity contribution >= 4 is 5.91 Å². The van der Waals surface area contributed by atoms with E-state index in [1.165, 1.54) is 41.3 Å². The zero-order valence-electron chi connectivity index (χ0n) is 14.1. The first-order chi connectivity index (χ1) is 12.5. The summed E-state index contributed by atoms with van der Waals surface area (Å²) in [5, 5.41) is 0. The van der Waals surface area contributed by atoms with Crippen LogP contribution in [-0.4, -0.2) is 17.9 Å². The van der Waals surface area contributed by atoms with Crippen LogP contribution in [0.1, 0.15) is 21.9 Å². The van der Waals surface area contributed by atoms with E-state index in [9.17, 15) is 13.6 Å². The van der Waals surface area contributed by atoms with E-state index < -0.39 is 0 Å². The molecular weight excluding hydrogens is 340 g/mol. The van der Waals surface area contributed by atoms with E-state index in [0.717, 1.165) is 5.56 Å². The molecule has 0 unspecified atom stereocenters. The second-order valence-electron chi connectivity index (χ2n) is 5.80. The smallest absolute Gasteiger partial charge is 0.289 e. The minimum absolute atomic E-state index is 0.126. The summed E-state index contributed by atoms with van der Waals surface area (Å²) >= 11 is 0. The van der Waals surface area contributed by atoms with Gasteiger partial charge in [-0.1, -0.05) is 12.1 Å². The molecule has 1 aromatic heterocycles. The van der Waals surface area contributed by atoms with Crippen LogP contribution in [0.3, 0.4) is 0 Å². The van der Waals surface area contributed by atoms with Gasteiger partial charge in [-0.3, -0.25) is 4.79 Å². The van der Waals surface area contributed by atoms with E-state index in [1.807, 2.05) is 0 Å². The second kappa shape index (κ2) is 7.82. The van der Waals surface area contributed by atoms with Crippen LogP contribution in [0, 0.1) is 11.6 Å². The lowest BCUT2D eigenvalue weighted by Gasteiger charge is -2.15. The fourth-order valence-corrected chi connectivity index (χ4v) is 2.38. The van der Waals surface area contributed by atoms with Crippen molar-refractivity contribution in [2.45, 2.75) is 13.2 Å². The third kappa shape index (κ3) is 4.47. The molecule has 0 radical (unpaired) electrons. The van der Waals surface area contributed by atoms with Gasteiger partial charge in [-0.15, -0.1) is 0 Å². The third-order valence-corrected chi connectivity index (χ3v) is 3.75. The highest BCUT2D eigenvalue weighted by Gasteiger charge is 2.16. The van der Waals surface area contributed by atoms with Crippen molar-refractivity contribution in [1.82, 2.24) is 4.90 Å². The number of carbonyl (C=O) groups excluding carboxylic acids is 1. The lowest BCUT2D eigenvalue weighted by Crippen LogP contribution is -2.25. The Hall–Kier alpha value is -3.15. The Morgan fingerprint density at radius 3 is 2.23 bits per heavy atom. The Kier molecular flexibility index (Phi) is 5.31. The van der Waals surface area contributed by atoms with Crippen LogP contribution < -0.4 is 4.74 Å². The van der Waals surface area contributed by atoms with Crippen molar-refractivity contribution in [3.8, 4) is 5.75 Å². The number of carbonyl (C=O) groups is 1. The first-order valence-corrected chi connectivity index (χ1v) is 7.98. The molecule has 0 N–H and O–H groups in total. The molecule has 0 saturated carbocycles. The normalized spacial score (nSPS) is 10.6. The van der Waals surface area contributed by atoms with E-state index in [4.69, 9.17) is 9.15 Å². The number of benzene rings is 2. The number of nitrogens with zero attached hydrogens (tertiary/aromatic N) is 1. The molecule has 0 atom stereocenters. The second-order valence-corrected chi connectivity index (χ2v) is 5.80. The Bertz CT molecular complexity index is 873. The maximum absolute atomic E-state index is 12.9. The van der Waals surface area contributed by atoms with Crippen LogP contribution in [0.25, 0.3) is 0 Å². The topological polar surface area (TPSA) is 42.7 Å². The lowest BCUT2D eigenvalue weighted by molar-refractivity contribution is 0.0749. The van der Waals surface area contributed by atoms with Crippen LogP contribution in [0.2, 0.25) is 0 Å². The molecule has 0 bridgehead atoms. The highest BCUT2D eigenvalue weighted by Crippen LogP contribution is 2.16. The molecule has 26 heavy (non-hydrogen) atoms. The summed E-state index contributed by atoms with van der Waals surface area (Å²) < 4.78 is 36.8. The number of hydrogen-bond donors (Lipinski definition) is 0. The highest BCUT2D eigenvalue weighted by molar-refractivity contribution is 5.91. The third-order valence-electron chi connectivity index (χ3n) is 3.75. The number of amides is 1. The van der Waals surface area contributed by atoms with Crippen molar-refractivity contribution < 1.29 is 22.7 Å². The summed E-state index contributed by atoms with van der Waals surface area (Å²) in [6.45, 7) is 0.460. The molecule has 4 nitrogen and oxygen atoms in total. The average Bonchev–Trinajstić information content (AvgIpc) is 3.11. The standard InChI is InChI=1S/C20H17F2NO3/c1-23(12-14-2-4-15(21)5-3-14)20(24)19-11-10-18(26-19)13-25-17-8-6-16(22)7-9-17/h2-11H,12-13H2,1H3. The van der Waals surface area contributed by atoms with Gasteiger partial charge in [-0.2, -0.15) is 0 Å². The molecular formula is C20H17F2NO3. The molecule has 1 heterocycles. The van der Waals surface area contributed by atoms with Gasteiger partial charge in [0, 0.05) is 13.6 Å². The van der Waals surface area contributed by atoms with E-state index >= 15 is 0 Å². The Balaban J connectivity index is 1.58. The molecule has 0 fully saturated rings. The highest BCUT2D eigenvalue weighted by atomic mass is 19.1. The summed E-state index contributed by atoms with van der Waals surface area (Å²) in [6.07, 6.45) is 0. The van der Waals surface area contributed by atoms with Crippen molar-refractivity contribution in [3.63, 3.8) is 0 Å². The van der Waals surface area contributed by atoms with Crippen LogP contribution in [-0.2, 0) is 13.2 Å². The summed E-state index contributed by atoms with van der Waals surface area (Å²) in [6, 6.07) is 14.8. The maximum atomic E-state index is 12.9. The molecule has 134 valence electrons. The molecule has 3 rings (SSSR count). The van der Waals surface area contributed by atoms with Gasteiger partial charge in [0.2, 0.25) is 0 Å². The molecule has 0 aliphatic heterocycles. The van der Waals surface area contributed by atoms with E-state index in [2.05, 4.69) is 0 Å². The van der Waals surface area contributed by atoms with Gasteiger partial charge < -0.3 is 14.1 Å². The fourth-order valence-electron chi connectivity index (χ4n) is 2.38. The van der Waals surface area contributed by atoms with Crippen molar-refractivity contribution in [1.29, 1.82) is 0 Å². The van der Waals surface area contributed by atoms with Crippen LogP contribution in [0.15, 0.2) is 65.1 Å². The number of halogens is 2. The number of hydrogen-bond acceptors (Lipinski definition) is 3. The van der Waals surface area contributed by atoms with Gasteiger partial charge in [-0.25, -0.2) is 8.78 Å². The zero-order valence-corrected chi connectivity index (χ0v) is 14.1.